The van der Waals surface area contributed by atoms with Crippen LogP contribution in [-0.4, -0.2) is 51.0 Å². The van der Waals surface area contributed by atoms with E-state index >= 15 is 0 Å². The number of rotatable bonds is 3. The average molecular weight is 252 g/mol. The minimum atomic E-state index is -1.36. The molecule has 0 saturated carbocycles. The molecule has 18 heavy (non-hydrogen) atoms. The summed E-state index contributed by atoms with van der Waals surface area (Å²) in [7, 11) is 0. The average Bonchev–Trinajstić information content (AvgIpc) is 2.73. The first kappa shape index (κ1) is 12.0. The largest absolute Gasteiger partial charge is 0.480 e. The van der Waals surface area contributed by atoms with Crippen LogP contribution in [-0.2, 0) is 24.0 Å². The summed E-state index contributed by atoms with van der Waals surface area (Å²) >= 11 is 0. The highest BCUT2D eigenvalue weighted by molar-refractivity contribution is 6.21. The first-order chi connectivity index (χ1) is 8.41. The summed E-state index contributed by atoms with van der Waals surface area (Å²) in [5.41, 5.74) is -0.367. The van der Waals surface area contributed by atoms with Gasteiger partial charge in [0, 0.05) is 18.9 Å². The lowest BCUT2D eigenvalue weighted by Gasteiger charge is -2.16. The first-order valence-corrected chi connectivity index (χ1v) is 5.07. The predicted molar refractivity (Wildman–Crippen MR) is 53.5 cm³/mol. The van der Waals surface area contributed by atoms with E-state index in [1.54, 1.807) is 0 Å². The molecule has 0 aromatic heterocycles. The molecule has 0 spiro atoms. The van der Waals surface area contributed by atoms with Gasteiger partial charge in [0.05, 0.1) is 0 Å². The number of aliphatic carboxylic acids is 1. The van der Waals surface area contributed by atoms with Gasteiger partial charge in [-0.3, -0.25) is 28.9 Å². The molecule has 1 saturated heterocycles. The maximum Gasteiger partial charge on any atom is 0.323 e. The SMILES string of the molecule is O=C(O)CN1C(=O)C=C(N2C(=O)CCC2=O)C1=O. The Morgan fingerprint density at radius 3 is 2.22 bits per heavy atom. The van der Waals surface area contributed by atoms with Gasteiger partial charge in [0.1, 0.15) is 12.2 Å². The minimum Gasteiger partial charge on any atom is -0.480 e. The van der Waals surface area contributed by atoms with Crippen LogP contribution in [0.2, 0.25) is 0 Å². The van der Waals surface area contributed by atoms with Gasteiger partial charge in [-0.1, -0.05) is 0 Å². The smallest absolute Gasteiger partial charge is 0.323 e. The topological polar surface area (TPSA) is 112 Å². The van der Waals surface area contributed by atoms with E-state index in [2.05, 4.69) is 0 Å². The number of carbonyl (C=O) groups is 5. The van der Waals surface area contributed by atoms with Gasteiger partial charge in [-0.25, -0.2) is 4.90 Å². The maximum atomic E-state index is 11.8. The van der Waals surface area contributed by atoms with E-state index in [-0.39, 0.29) is 18.5 Å². The molecular formula is C10H8N2O6. The fraction of sp³-hybridized carbons (Fsp3) is 0.300. The van der Waals surface area contributed by atoms with Gasteiger partial charge in [-0.05, 0) is 0 Å². The van der Waals surface area contributed by atoms with E-state index in [4.69, 9.17) is 5.11 Å². The van der Waals surface area contributed by atoms with Crippen LogP contribution in [0.4, 0.5) is 0 Å². The molecule has 0 atom stereocenters. The van der Waals surface area contributed by atoms with E-state index < -0.39 is 36.1 Å². The lowest BCUT2D eigenvalue weighted by atomic mass is 10.3. The van der Waals surface area contributed by atoms with Crippen molar-refractivity contribution in [1.82, 2.24) is 9.80 Å². The predicted octanol–water partition coefficient (Wildman–Crippen LogP) is -1.53. The Hall–Kier alpha value is -2.51. The van der Waals surface area contributed by atoms with Gasteiger partial charge >= 0.3 is 5.97 Å². The van der Waals surface area contributed by atoms with E-state index in [0.29, 0.717) is 9.80 Å². The number of carbonyl (C=O) groups excluding carboxylic acids is 4. The molecule has 8 nitrogen and oxygen atoms in total. The van der Waals surface area contributed by atoms with Gasteiger partial charge in [-0.15, -0.1) is 0 Å². The first-order valence-electron chi connectivity index (χ1n) is 5.07. The van der Waals surface area contributed by atoms with Gasteiger partial charge in [0.25, 0.3) is 11.8 Å². The standard InChI is InChI=1S/C10H8N2O6/c13-6-1-2-7(14)12(6)5-3-8(15)11(10(5)18)4-9(16)17/h3H,1-2,4H2,(H,16,17). The molecular weight excluding hydrogens is 244 g/mol. The third-order valence-corrected chi connectivity index (χ3v) is 2.58. The summed E-state index contributed by atoms with van der Waals surface area (Å²) in [5, 5.41) is 8.55. The molecule has 0 bridgehead atoms. The molecule has 2 heterocycles. The number of amides is 4. The highest BCUT2D eigenvalue weighted by Crippen LogP contribution is 2.23. The van der Waals surface area contributed by atoms with Gasteiger partial charge in [0.2, 0.25) is 11.8 Å². The van der Waals surface area contributed by atoms with Crippen LogP contribution < -0.4 is 0 Å². The second kappa shape index (κ2) is 4.06. The minimum absolute atomic E-state index is 0.0173. The zero-order chi connectivity index (χ0) is 13.4. The van der Waals surface area contributed by atoms with E-state index in [9.17, 15) is 24.0 Å². The number of hydrogen-bond acceptors (Lipinski definition) is 5. The molecule has 2 aliphatic rings. The van der Waals surface area contributed by atoms with E-state index in [0.717, 1.165) is 6.08 Å². The lowest BCUT2D eigenvalue weighted by Crippen LogP contribution is -2.39. The summed E-state index contributed by atoms with van der Waals surface area (Å²) in [6.07, 6.45) is 0.777. The summed E-state index contributed by atoms with van der Waals surface area (Å²) < 4.78 is 0. The Kier molecular flexibility index (Phi) is 2.70. The van der Waals surface area contributed by atoms with Crippen molar-refractivity contribution in [2.45, 2.75) is 12.8 Å². The van der Waals surface area contributed by atoms with E-state index in [1.807, 2.05) is 0 Å². The van der Waals surface area contributed by atoms with Gasteiger partial charge < -0.3 is 5.11 Å². The third-order valence-electron chi connectivity index (χ3n) is 2.58. The Labute approximate surface area is 100 Å². The van der Waals surface area contributed by atoms with E-state index in [1.165, 1.54) is 0 Å². The Morgan fingerprint density at radius 1 is 1.17 bits per heavy atom. The second-order valence-electron chi connectivity index (χ2n) is 3.78. The maximum absolute atomic E-state index is 11.8. The number of carboxylic acids is 1. The van der Waals surface area contributed by atoms with Crippen molar-refractivity contribution in [1.29, 1.82) is 0 Å². The quantitative estimate of drug-likeness (QED) is 0.610. The Bertz CT molecular complexity index is 504. The van der Waals surface area contributed by atoms with Gasteiger partial charge in [0.15, 0.2) is 0 Å². The normalized spacial score (nSPS) is 19.9. The fourth-order valence-corrected chi connectivity index (χ4v) is 1.79. The summed E-state index contributed by atoms with van der Waals surface area (Å²) in [4.78, 5) is 57.6. The Morgan fingerprint density at radius 2 is 1.72 bits per heavy atom. The van der Waals surface area contributed by atoms with Crippen molar-refractivity contribution in [2.75, 3.05) is 6.54 Å². The number of hydrogen-bond donors (Lipinski definition) is 1. The molecule has 0 unspecified atom stereocenters. The zero-order valence-corrected chi connectivity index (χ0v) is 9.08. The second-order valence-corrected chi connectivity index (χ2v) is 3.78. The fourth-order valence-electron chi connectivity index (χ4n) is 1.79. The molecule has 0 radical (unpaired) electrons. The van der Waals surface area contributed by atoms with Crippen molar-refractivity contribution < 1.29 is 29.1 Å². The van der Waals surface area contributed by atoms with Crippen LogP contribution in [0.1, 0.15) is 12.8 Å². The molecule has 2 aliphatic heterocycles. The summed E-state index contributed by atoms with van der Waals surface area (Å²) in [6, 6.07) is 0. The molecule has 8 heteroatoms. The molecule has 0 aromatic carbocycles. The van der Waals surface area contributed by atoms with Crippen molar-refractivity contribution in [3.05, 3.63) is 11.8 Å². The lowest BCUT2D eigenvalue weighted by molar-refractivity contribution is -0.149. The number of likely N-dealkylation sites (tertiary alicyclic amines) is 1. The van der Waals surface area contributed by atoms with Crippen molar-refractivity contribution >= 4 is 29.6 Å². The molecule has 0 aromatic rings. The molecule has 1 N–H and O–H groups in total. The van der Waals surface area contributed by atoms with Crippen molar-refractivity contribution in [3.8, 4) is 0 Å². The van der Waals surface area contributed by atoms with Crippen molar-refractivity contribution in [2.24, 2.45) is 0 Å². The number of imide groups is 2. The molecule has 1 fully saturated rings. The number of carboxylic acid groups (broad SMARTS) is 1. The highest BCUT2D eigenvalue weighted by Gasteiger charge is 2.42. The number of nitrogens with zero attached hydrogens (tertiary/aromatic N) is 2. The van der Waals surface area contributed by atoms with Crippen LogP contribution in [0.5, 0.6) is 0 Å². The van der Waals surface area contributed by atoms with Crippen molar-refractivity contribution in [3.63, 3.8) is 0 Å². The van der Waals surface area contributed by atoms with Crippen LogP contribution in [0.3, 0.4) is 0 Å². The van der Waals surface area contributed by atoms with Crippen LogP contribution >= 0.6 is 0 Å². The third kappa shape index (κ3) is 1.77. The molecule has 0 aliphatic carbocycles. The molecule has 2 rings (SSSR count). The summed E-state index contributed by atoms with van der Waals surface area (Å²) in [6.45, 7) is -0.798. The molecule has 94 valence electrons. The zero-order valence-electron chi connectivity index (χ0n) is 9.08. The summed E-state index contributed by atoms with van der Waals surface area (Å²) in [5.74, 6) is -4.27. The Balaban J connectivity index is 2.26. The monoisotopic (exact) mass is 252 g/mol. The van der Waals surface area contributed by atoms with Crippen LogP contribution in [0.15, 0.2) is 11.8 Å². The molecule has 4 amide bonds. The van der Waals surface area contributed by atoms with Crippen LogP contribution in [0.25, 0.3) is 0 Å². The van der Waals surface area contributed by atoms with Gasteiger partial charge in [-0.2, -0.15) is 0 Å². The van der Waals surface area contributed by atoms with Crippen LogP contribution in [0, 0.1) is 0 Å². The highest BCUT2D eigenvalue weighted by atomic mass is 16.4.